The van der Waals surface area contributed by atoms with E-state index in [-0.39, 0.29) is 17.6 Å². The molecule has 1 saturated carbocycles. The molecule has 0 bridgehead atoms. The van der Waals surface area contributed by atoms with Crippen molar-refractivity contribution >= 4 is 33.6 Å². The van der Waals surface area contributed by atoms with Gasteiger partial charge in [0.25, 0.3) is 0 Å². The molecule has 6 heteroatoms. The molecule has 1 aromatic carbocycles. The number of carbonyl (C=O) groups is 2. The number of carboxylic acid groups (broad SMARTS) is 1. The van der Waals surface area contributed by atoms with Gasteiger partial charge in [0.1, 0.15) is 0 Å². The maximum absolute atomic E-state index is 12.4. The van der Waals surface area contributed by atoms with E-state index < -0.39 is 5.97 Å². The molecule has 1 aliphatic carbocycles. The second kappa shape index (κ2) is 6.93. The lowest BCUT2D eigenvalue weighted by atomic mass is 10.2. The van der Waals surface area contributed by atoms with E-state index in [4.69, 9.17) is 5.11 Å². The van der Waals surface area contributed by atoms with Crippen LogP contribution in [0.15, 0.2) is 22.7 Å². The Balaban J connectivity index is 2.14. The number of carboxylic acids is 1. The molecule has 0 radical (unpaired) electrons. The van der Waals surface area contributed by atoms with Gasteiger partial charge in [0.2, 0.25) is 0 Å². The smallest absolute Gasteiger partial charge is 0.335 e. The molecule has 1 fully saturated rings. The number of carbonyl (C=O) groups excluding carboxylic acids is 1. The summed E-state index contributed by atoms with van der Waals surface area (Å²) in [7, 11) is 0. The minimum atomic E-state index is -1.01. The van der Waals surface area contributed by atoms with E-state index in [2.05, 4.69) is 21.2 Å². The number of hydrogen-bond donors (Lipinski definition) is 2. The van der Waals surface area contributed by atoms with Crippen molar-refractivity contribution in [1.82, 2.24) is 4.90 Å². The van der Waals surface area contributed by atoms with Crippen LogP contribution in [0.4, 0.5) is 10.5 Å². The number of nitrogens with one attached hydrogen (secondary N) is 1. The van der Waals surface area contributed by atoms with E-state index in [9.17, 15) is 9.59 Å². The van der Waals surface area contributed by atoms with Crippen LogP contribution in [0, 0.1) is 0 Å². The van der Waals surface area contributed by atoms with Crippen LogP contribution in [0.5, 0.6) is 0 Å². The molecular formula is C15H19BrN2O3. The summed E-state index contributed by atoms with van der Waals surface area (Å²) in [5.74, 6) is -1.01. The van der Waals surface area contributed by atoms with Gasteiger partial charge in [-0.3, -0.25) is 0 Å². The third-order valence-electron chi connectivity index (χ3n) is 3.82. The van der Waals surface area contributed by atoms with Gasteiger partial charge in [-0.1, -0.05) is 12.8 Å². The molecule has 2 amide bonds. The van der Waals surface area contributed by atoms with Crippen LogP contribution in [-0.4, -0.2) is 34.6 Å². The molecule has 0 heterocycles. The van der Waals surface area contributed by atoms with Crippen LogP contribution in [0.25, 0.3) is 0 Å². The fourth-order valence-corrected chi connectivity index (χ4v) is 3.07. The number of anilines is 1. The molecule has 2 N–H and O–H groups in total. The maximum Gasteiger partial charge on any atom is 0.335 e. The second-order valence-corrected chi connectivity index (χ2v) is 6.01. The predicted octanol–water partition coefficient (Wildman–Crippen LogP) is 3.94. The monoisotopic (exact) mass is 354 g/mol. The van der Waals surface area contributed by atoms with Gasteiger partial charge in [-0.15, -0.1) is 0 Å². The highest BCUT2D eigenvalue weighted by Crippen LogP contribution is 2.27. The number of urea groups is 1. The summed E-state index contributed by atoms with van der Waals surface area (Å²) >= 11 is 3.34. The molecule has 2 rings (SSSR count). The van der Waals surface area contributed by atoms with Crippen LogP contribution in [0.2, 0.25) is 0 Å². The third-order valence-corrected chi connectivity index (χ3v) is 4.51. The van der Waals surface area contributed by atoms with Gasteiger partial charge in [-0.25, -0.2) is 9.59 Å². The largest absolute Gasteiger partial charge is 0.478 e. The van der Waals surface area contributed by atoms with Crippen LogP contribution in [-0.2, 0) is 0 Å². The molecule has 0 spiro atoms. The number of aromatic carboxylic acids is 1. The Hall–Kier alpha value is -1.56. The van der Waals surface area contributed by atoms with Gasteiger partial charge in [-0.05, 0) is 53.9 Å². The first-order valence-electron chi connectivity index (χ1n) is 7.13. The molecule has 0 unspecified atom stereocenters. The Bertz CT molecular complexity index is 542. The van der Waals surface area contributed by atoms with Gasteiger partial charge < -0.3 is 15.3 Å². The van der Waals surface area contributed by atoms with Crippen molar-refractivity contribution in [3.63, 3.8) is 0 Å². The molecule has 1 aliphatic rings. The number of rotatable bonds is 4. The van der Waals surface area contributed by atoms with Gasteiger partial charge in [-0.2, -0.15) is 0 Å². The topological polar surface area (TPSA) is 69.6 Å². The van der Waals surface area contributed by atoms with Crippen molar-refractivity contribution < 1.29 is 14.7 Å². The van der Waals surface area contributed by atoms with Crippen molar-refractivity contribution in [3.05, 3.63) is 28.2 Å². The van der Waals surface area contributed by atoms with Gasteiger partial charge in [0.05, 0.1) is 11.3 Å². The molecule has 5 nitrogen and oxygen atoms in total. The van der Waals surface area contributed by atoms with Crippen molar-refractivity contribution in [3.8, 4) is 0 Å². The third kappa shape index (κ3) is 3.75. The summed E-state index contributed by atoms with van der Waals surface area (Å²) < 4.78 is 0.670. The average molecular weight is 355 g/mol. The van der Waals surface area contributed by atoms with E-state index in [1.807, 2.05) is 11.8 Å². The van der Waals surface area contributed by atoms with E-state index in [1.165, 1.54) is 12.1 Å². The Morgan fingerprint density at radius 2 is 2.05 bits per heavy atom. The van der Waals surface area contributed by atoms with E-state index in [0.717, 1.165) is 25.7 Å². The van der Waals surface area contributed by atoms with Crippen molar-refractivity contribution in [2.45, 2.75) is 38.6 Å². The molecule has 0 atom stereocenters. The molecule has 1 aromatic rings. The summed E-state index contributed by atoms with van der Waals surface area (Å²) in [6.45, 7) is 2.60. The molecule has 21 heavy (non-hydrogen) atoms. The normalized spacial score (nSPS) is 15.0. The predicted molar refractivity (Wildman–Crippen MR) is 84.8 cm³/mol. The summed E-state index contributed by atoms with van der Waals surface area (Å²) in [5, 5.41) is 11.8. The summed E-state index contributed by atoms with van der Waals surface area (Å²) in [4.78, 5) is 25.2. The first-order valence-corrected chi connectivity index (χ1v) is 7.92. The van der Waals surface area contributed by atoms with E-state index in [0.29, 0.717) is 16.7 Å². The molecule has 114 valence electrons. The standard InChI is InChI=1S/C15H19BrN2O3/c1-2-18(11-5-3-4-6-11)15(21)17-13-9-10(14(19)20)7-8-12(13)16/h7-9,11H,2-6H2,1H3,(H,17,21)(H,19,20). The number of amides is 2. The molecule has 0 saturated heterocycles. The number of hydrogen-bond acceptors (Lipinski definition) is 2. The maximum atomic E-state index is 12.4. The zero-order chi connectivity index (χ0) is 15.4. The van der Waals surface area contributed by atoms with Gasteiger partial charge >= 0.3 is 12.0 Å². The minimum Gasteiger partial charge on any atom is -0.478 e. The zero-order valence-electron chi connectivity index (χ0n) is 11.9. The number of benzene rings is 1. The van der Waals surface area contributed by atoms with Gasteiger partial charge in [0.15, 0.2) is 0 Å². The quantitative estimate of drug-likeness (QED) is 0.859. The molecule has 0 aliphatic heterocycles. The van der Waals surface area contributed by atoms with Crippen LogP contribution in [0.1, 0.15) is 43.0 Å². The summed E-state index contributed by atoms with van der Waals surface area (Å²) in [6.07, 6.45) is 4.40. The summed E-state index contributed by atoms with van der Waals surface area (Å²) in [5.41, 5.74) is 0.633. The van der Waals surface area contributed by atoms with Crippen molar-refractivity contribution in [1.29, 1.82) is 0 Å². The van der Waals surface area contributed by atoms with Gasteiger partial charge in [0, 0.05) is 17.1 Å². The number of halogens is 1. The SMILES string of the molecule is CCN(C(=O)Nc1cc(C(=O)O)ccc1Br)C1CCCC1. The zero-order valence-corrected chi connectivity index (χ0v) is 13.5. The van der Waals surface area contributed by atoms with Crippen molar-refractivity contribution in [2.75, 3.05) is 11.9 Å². The highest BCUT2D eigenvalue weighted by atomic mass is 79.9. The minimum absolute atomic E-state index is 0.150. The molecule has 0 aromatic heterocycles. The van der Waals surface area contributed by atoms with Crippen LogP contribution in [0.3, 0.4) is 0 Å². The van der Waals surface area contributed by atoms with E-state index >= 15 is 0 Å². The Kier molecular flexibility index (Phi) is 5.22. The lowest BCUT2D eigenvalue weighted by Crippen LogP contribution is -2.41. The van der Waals surface area contributed by atoms with Crippen LogP contribution >= 0.6 is 15.9 Å². The second-order valence-electron chi connectivity index (χ2n) is 5.15. The average Bonchev–Trinajstić information content (AvgIpc) is 2.95. The summed E-state index contributed by atoms with van der Waals surface area (Å²) in [6, 6.07) is 4.71. The van der Waals surface area contributed by atoms with E-state index in [1.54, 1.807) is 6.07 Å². The Labute approximate surface area is 132 Å². The number of nitrogens with zero attached hydrogens (tertiary/aromatic N) is 1. The lowest BCUT2D eigenvalue weighted by molar-refractivity contribution is 0.0697. The Morgan fingerprint density at radius 1 is 1.38 bits per heavy atom. The Morgan fingerprint density at radius 3 is 2.62 bits per heavy atom. The highest BCUT2D eigenvalue weighted by Gasteiger charge is 2.25. The molecular weight excluding hydrogens is 336 g/mol. The fourth-order valence-electron chi connectivity index (χ4n) is 2.72. The first-order chi connectivity index (χ1) is 10.0. The van der Waals surface area contributed by atoms with Crippen LogP contribution < -0.4 is 5.32 Å². The lowest BCUT2D eigenvalue weighted by Gasteiger charge is -2.28. The first kappa shape index (κ1) is 15.8. The van der Waals surface area contributed by atoms with Crippen molar-refractivity contribution in [2.24, 2.45) is 0 Å². The fraction of sp³-hybridized carbons (Fsp3) is 0.467. The highest BCUT2D eigenvalue weighted by molar-refractivity contribution is 9.10.